The summed E-state index contributed by atoms with van der Waals surface area (Å²) < 4.78 is 59.2. The van der Waals surface area contributed by atoms with Crippen molar-refractivity contribution in [3.8, 4) is 11.5 Å². The second kappa shape index (κ2) is 6.69. The molecule has 0 bridgehead atoms. The molecule has 0 atom stereocenters. The SMILES string of the molecule is Cc1cc(F)ccc1NC(=O)c1nc2nc(-c3ccco3)cc(C(F)(F)F)n2n1. The lowest BCUT2D eigenvalue weighted by Gasteiger charge is -2.09. The van der Waals surface area contributed by atoms with Crippen LogP contribution in [0, 0.1) is 12.7 Å². The third-order valence-electron chi connectivity index (χ3n) is 4.02. The third kappa shape index (κ3) is 3.53. The second-order valence-corrected chi connectivity index (χ2v) is 6.06. The Morgan fingerprint density at radius 2 is 1.97 bits per heavy atom. The molecule has 1 aromatic carbocycles. The number of aryl methyl sites for hydroxylation is 1. The molecule has 0 saturated heterocycles. The van der Waals surface area contributed by atoms with Crippen LogP contribution in [0.4, 0.5) is 23.2 Å². The van der Waals surface area contributed by atoms with Gasteiger partial charge in [0, 0.05) is 5.69 Å². The first-order valence-corrected chi connectivity index (χ1v) is 8.19. The number of hydrogen-bond donors (Lipinski definition) is 1. The Bertz CT molecular complexity index is 1220. The number of nitrogens with zero attached hydrogens (tertiary/aromatic N) is 4. The van der Waals surface area contributed by atoms with E-state index in [1.807, 2.05) is 0 Å². The number of benzene rings is 1. The van der Waals surface area contributed by atoms with Crippen molar-refractivity contribution in [2.75, 3.05) is 5.32 Å². The van der Waals surface area contributed by atoms with Crippen LogP contribution in [0.1, 0.15) is 21.9 Å². The first-order valence-electron chi connectivity index (χ1n) is 8.19. The van der Waals surface area contributed by atoms with Crippen LogP contribution in [-0.4, -0.2) is 25.5 Å². The maximum Gasteiger partial charge on any atom is 0.433 e. The van der Waals surface area contributed by atoms with Gasteiger partial charge in [-0.05, 0) is 48.9 Å². The van der Waals surface area contributed by atoms with Crippen molar-refractivity contribution < 1.29 is 26.8 Å². The zero-order chi connectivity index (χ0) is 20.8. The second-order valence-electron chi connectivity index (χ2n) is 6.06. The number of furan rings is 1. The Labute approximate surface area is 160 Å². The van der Waals surface area contributed by atoms with Crippen molar-refractivity contribution in [3.05, 3.63) is 65.6 Å². The van der Waals surface area contributed by atoms with Crippen LogP contribution < -0.4 is 5.32 Å². The lowest BCUT2D eigenvalue weighted by molar-refractivity contribution is -0.142. The molecule has 4 rings (SSSR count). The lowest BCUT2D eigenvalue weighted by Crippen LogP contribution is -2.16. The number of carbonyl (C=O) groups is 1. The van der Waals surface area contributed by atoms with Crippen molar-refractivity contribution in [2.24, 2.45) is 0 Å². The van der Waals surface area contributed by atoms with E-state index < -0.39 is 35.2 Å². The van der Waals surface area contributed by atoms with E-state index in [9.17, 15) is 22.4 Å². The monoisotopic (exact) mass is 405 g/mol. The Morgan fingerprint density at radius 1 is 1.17 bits per heavy atom. The minimum absolute atomic E-state index is 0.105. The maximum absolute atomic E-state index is 13.5. The summed E-state index contributed by atoms with van der Waals surface area (Å²) in [7, 11) is 0. The van der Waals surface area contributed by atoms with Crippen LogP contribution in [0.25, 0.3) is 17.2 Å². The van der Waals surface area contributed by atoms with Crippen LogP contribution in [0.5, 0.6) is 0 Å². The highest BCUT2D eigenvalue weighted by molar-refractivity contribution is 6.02. The highest BCUT2D eigenvalue weighted by Crippen LogP contribution is 2.32. The van der Waals surface area contributed by atoms with E-state index >= 15 is 0 Å². The van der Waals surface area contributed by atoms with E-state index in [-0.39, 0.29) is 17.1 Å². The first kappa shape index (κ1) is 18.6. The maximum atomic E-state index is 13.5. The van der Waals surface area contributed by atoms with Gasteiger partial charge < -0.3 is 9.73 Å². The molecule has 0 aliphatic carbocycles. The van der Waals surface area contributed by atoms with Gasteiger partial charge in [0.15, 0.2) is 11.5 Å². The van der Waals surface area contributed by atoms with E-state index in [0.29, 0.717) is 10.1 Å². The van der Waals surface area contributed by atoms with Gasteiger partial charge in [0.25, 0.3) is 11.7 Å². The van der Waals surface area contributed by atoms with Gasteiger partial charge in [-0.2, -0.15) is 22.7 Å². The summed E-state index contributed by atoms with van der Waals surface area (Å²) in [6, 6.07) is 7.37. The molecule has 7 nitrogen and oxygen atoms in total. The molecular formula is C18H11F4N5O2. The predicted molar refractivity (Wildman–Crippen MR) is 92.6 cm³/mol. The molecule has 1 N–H and O–H groups in total. The average molecular weight is 405 g/mol. The molecule has 0 radical (unpaired) electrons. The van der Waals surface area contributed by atoms with E-state index in [2.05, 4.69) is 20.4 Å². The summed E-state index contributed by atoms with van der Waals surface area (Å²) in [4.78, 5) is 20.2. The lowest BCUT2D eigenvalue weighted by atomic mass is 10.2. The number of anilines is 1. The first-order chi connectivity index (χ1) is 13.7. The van der Waals surface area contributed by atoms with Crippen LogP contribution in [0.15, 0.2) is 47.1 Å². The minimum Gasteiger partial charge on any atom is -0.463 e. The standard InChI is InChI=1S/C18H11F4N5O2/c1-9-7-10(19)4-5-11(9)23-16(28)15-25-17-24-12(13-3-2-6-29-13)8-14(18(20,21)22)27(17)26-15/h2-8H,1H3,(H,23,28). The fraction of sp³-hybridized carbons (Fsp3) is 0.111. The Morgan fingerprint density at radius 3 is 2.62 bits per heavy atom. The van der Waals surface area contributed by atoms with Gasteiger partial charge in [-0.25, -0.2) is 9.37 Å². The van der Waals surface area contributed by atoms with Gasteiger partial charge in [0.1, 0.15) is 11.5 Å². The molecule has 0 saturated carbocycles. The summed E-state index contributed by atoms with van der Waals surface area (Å²) in [5.41, 5.74) is -0.575. The minimum atomic E-state index is -4.78. The predicted octanol–water partition coefficient (Wildman–Crippen LogP) is 4.10. The largest absolute Gasteiger partial charge is 0.463 e. The van der Waals surface area contributed by atoms with Gasteiger partial charge in [-0.15, -0.1) is 5.10 Å². The van der Waals surface area contributed by atoms with Crippen LogP contribution in [0.3, 0.4) is 0 Å². The van der Waals surface area contributed by atoms with Gasteiger partial charge in [-0.1, -0.05) is 0 Å². The highest BCUT2D eigenvalue weighted by Gasteiger charge is 2.36. The molecule has 11 heteroatoms. The molecular weight excluding hydrogens is 394 g/mol. The van der Waals surface area contributed by atoms with Crippen molar-refractivity contribution in [3.63, 3.8) is 0 Å². The molecule has 0 unspecified atom stereocenters. The van der Waals surface area contributed by atoms with Crippen molar-refractivity contribution in [2.45, 2.75) is 13.1 Å². The van der Waals surface area contributed by atoms with Gasteiger partial charge in [0.05, 0.1) is 6.26 Å². The van der Waals surface area contributed by atoms with Crippen LogP contribution in [0.2, 0.25) is 0 Å². The molecule has 148 valence electrons. The molecule has 0 fully saturated rings. The molecule has 3 heterocycles. The van der Waals surface area contributed by atoms with Crippen LogP contribution in [-0.2, 0) is 6.18 Å². The normalized spacial score (nSPS) is 11.8. The van der Waals surface area contributed by atoms with E-state index in [4.69, 9.17) is 4.42 Å². The fourth-order valence-electron chi connectivity index (χ4n) is 2.66. The summed E-state index contributed by atoms with van der Waals surface area (Å²) in [6.07, 6.45) is -3.49. The molecule has 1 amide bonds. The smallest absolute Gasteiger partial charge is 0.433 e. The number of rotatable bonds is 3. The number of fused-ring (bicyclic) bond motifs is 1. The average Bonchev–Trinajstić information content (AvgIpc) is 3.31. The molecule has 0 aliphatic heterocycles. The quantitative estimate of drug-likeness (QED) is 0.519. The number of aromatic nitrogens is 4. The zero-order valence-corrected chi connectivity index (χ0v) is 14.7. The summed E-state index contributed by atoms with van der Waals surface area (Å²) in [5.74, 6) is -2.20. The van der Waals surface area contributed by atoms with Crippen molar-refractivity contribution in [1.29, 1.82) is 0 Å². The Balaban J connectivity index is 1.77. The fourth-order valence-corrected chi connectivity index (χ4v) is 2.66. The van der Waals surface area contributed by atoms with Gasteiger partial charge in [-0.3, -0.25) is 4.79 Å². The Hall–Kier alpha value is -3.76. The highest BCUT2D eigenvalue weighted by atomic mass is 19.4. The number of alkyl halides is 3. The molecule has 3 aromatic heterocycles. The Kier molecular flexibility index (Phi) is 4.29. The summed E-state index contributed by atoms with van der Waals surface area (Å²) in [6.45, 7) is 1.56. The summed E-state index contributed by atoms with van der Waals surface area (Å²) in [5, 5.41) is 6.09. The molecule has 0 spiro atoms. The van der Waals surface area contributed by atoms with E-state index in [1.54, 1.807) is 6.92 Å². The van der Waals surface area contributed by atoms with Gasteiger partial charge in [0.2, 0.25) is 5.82 Å². The molecule has 0 aliphatic rings. The zero-order valence-electron chi connectivity index (χ0n) is 14.7. The number of nitrogens with one attached hydrogen (secondary N) is 1. The van der Waals surface area contributed by atoms with Crippen molar-refractivity contribution in [1.82, 2.24) is 19.6 Å². The third-order valence-corrected chi connectivity index (χ3v) is 4.02. The molecule has 29 heavy (non-hydrogen) atoms. The number of carbonyl (C=O) groups excluding carboxylic acids is 1. The van der Waals surface area contributed by atoms with Crippen molar-refractivity contribution >= 4 is 17.4 Å². The van der Waals surface area contributed by atoms with Gasteiger partial charge >= 0.3 is 6.18 Å². The van der Waals surface area contributed by atoms with Crippen LogP contribution >= 0.6 is 0 Å². The van der Waals surface area contributed by atoms with E-state index in [0.717, 1.165) is 12.1 Å². The topological polar surface area (TPSA) is 85.3 Å². The summed E-state index contributed by atoms with van der Waals surface area (Å²) >= 11 is 0. The molecule has 4 aromatic rings. The number of halogens is 4. The number of amides is 1. The van der Waals surface area contributed by atoms with E-state index in [1.165, 1.54) is 30.5 Å². The number of hydrogen-bond acceptors (Lipinski definition) is 5.